The summed E-state index contributed by atoms with van der Waals surface area (Å²) in [4.78, 5) is 24.6. The normalized spacial score (nSPS) is 14.6. The van der Waals surface area contributed by atoms with Crippen molar-refractivity contribution in [1.82, 2.24) is 25.1 Å². The van der Waals surface area contributed by atoms with Crippen molar-refractivity contribution in [1.29, 1.82) is 0 Å². The van der Waals surface area contributed by atoms with Crippen molar-refractivity contribution < 1.29 is 0 Å². The molecule has 0 unspecified atom stereocenters. The van der Waals surface area contributed by atoms with Crippen LogP contribution in [0.2, 0.25) is 0 Å². The number of nitrogens with one attached hydrogen (secondary N) is 1. The highest BCUT2D eigenvalue weighted by Crippen LogP contribution is 2.30. The molecule has 1 aliphatic heterocycles. The fraction of sp³-hybridized carbons (Fsp3) is 0.250. The minimum Gasteiger partial charge on any atom is -0.374 e. The molecule has 0 saturated carbocycles. The number of rotatable bonds is 7. The molecule has 1 saturated heterocycles. The first kappa shape index (κ1) is 22.6. The van der Waals surface area contributed by atoms with E-state index in [1.54, 1.807) is 0 Å². The smallest absolute Gasteiger partial charge is 0.252 e. The van der Waals surface area contributed by atoms with E-state index < -0.39 is 0 Å². The molecule has 3 heterocycles. The molecule has 2 aromatic heterocycles. The maximum atomic E-state index is 12.3. The molecule has 0 radical (unpaired) electrons. The van der Waals surface area contributed by atoms with Gasteiger partial charge in [-0.3, -0.25) is 14.7 Å². The summed E-state index contributed by atoms with van der Waals surface area (Å²) in [5.41, 5.74) is 8.78. The van der Waals surface area contributed by atoms with Gasteiger partial charge in [-0.2, -0.15) is 0 Å². The van der Waals surface area contributed by atoms with Gasteiger partial charge in [0.1, 0.15) is 0 Å². The molecule has 1 aliphatic rings. The second kappa shape index (κ2) is 10.4. The van der Waals surface area contributed by atoms with Gasteiger partial charge < -0.3 is 10.6 Å². The Morgan fingerprint density at radius 3 is 2.21 bits per heavy atom. The van der Waals surface area contributed by atoms with E-state index in [0.29, 0.717) is 22.5 Å². The molecule has 2 aromatic carbocycles. The first-order valence-electron chi connectivity index (χ1n) is 11.1. The lowest BCUT2D eigenvalue weighted by atomic mass is 9.96. The van der Waals surface area contributed by atoms with Crippen LogP contribution in [0.4, 0.5) is 11.1 Å². The van der Waals surface area contributed by atoms with Gasteiger partial charge in [0.15, 0.2) is 4.34 Å². The lowest BCUT2D eigenvalue weighted by Gasteiger charge is -2.40. The van der Waals surface area contributed by atoms with Crippen molar-refractivity contribution >= 4 is 34.2 Å². The number of anilines is 2. The van der Waals surface area contributed by atoms with Crippen molar-refractivity contribution in [3.8, 4) is 0 Å². The highest BCUT2D eigenvalue weighted by Gasteiger charge is 2.27. The highest BCUT2D eigenvalue weighted by molar-refractivity contribution is 8.00. The van der Waals surface area contributed by atoms with Gasteiger partial charge in [0, 0.05) is 38.0 Å². The number of hydrogen-bond acceptors (Lipinski definition) is 9. The number of H-pyrrole nitrogens is 1. The Kier molecular flexibility index (Phi) is 6.89. The maximum absolute atomic E-state index is 12.3. The molecule has 4 aromatic rings. The Morgan fingerprint density at radius 1 is 0.971 bits per heavy atom. The summed E-state index contributed by atoms with van der Waals surface area (Å²) >= 11 is 2.81. The van der Waals surface area contributed by atoms with Gasteiger partial charge in [0.25, 0.3) is 5.56 Å². The third kappa shape index (κ3) is 5.30. The topological polar surface area (TPSA) is 104 Å². The van der Waals surface area contributed by atoms with Gasteiger partial charge in [-0.05, 0) is 11.1 Å². The molecule has 34 heavy (non-hydrogen) atoms. The predicted molar refractivity (Wildman–Crippen MR) is 137 cm³/mol. The van der Waals surface area contributed by atoms with Gasteiger partial charge in [0.05, 0.1) is 11.7 Å². The Hall–Kier alpha value is -3.21. The first-order valence-corrected chi connectivity index (χ1v) is 12.9. The molecular weight excluding hydrogens is 466 g/mol. The number of nitrogen functional groups attached to an aromatic ring is 1. The Balaban J connectivity index is 1.29. The summed E-state index contributed by atoms with van der Waals surface area (Å²) in [6, 6.07) is 23.0. The van der Waals surface area contributed by atoms with Crippen molar-refractivity contribution in [2.45, 2.75) is 16.1 Å². The molecule has 1 fully saturated rings. The van der Waals surface area contributed by atoms with E-state index in [0.717, 1.165) is 30.5 Å². The van der Waals surface area contributed by atoms with E-state index in [1.165, 1.54) is 40.3 Å². The number of aromatic nitrogens is 4. The molecule has 0 aliphatic carbocycles. The van der Waals surface area contributed by atoms with Crippen LogP contribution in [0.1, 0.15) is 22.9 Å². The second-order valence-electron chi connectivity index (χ2n) is 8.00. The van der Waals surface area contributed by atoms with Crippen LogP contribution in [0.25, 0.3) is 0 Å². The molecule has 10 heteroatoms. The van der Waals surface area contributed by atoms with Crippen LogP contribution in [-0.4, -0.2) is 51.2 Å². The summed E-state index contributed by atoms with van der Waals surface area (Å²) < 4.78 is 0.766. The molecule has 5 rings (SSSR count). The number of thioether (sulfide) groups is 1. The minimum absolute atomic E-state index is 0.147. The van der Waals surface area contributed by atoms with E-state index in [2.05, 4.69) is 85.6 Å². The summed E-state index contributed by atoms with van der Waals surface area (Å²) in [7, 11) is 0. The lowest BCUT2D eigenvalue weighted by molar-refractivity contribution is 0.211. The van der Waals surface area contributed by atoms with Crippen LogP contribution in [0.15, 0.2) is 75.9 Å². The summed E-state index contributed by atoms with van der Waals surface area (Å²) in [5.74, 6) is 1.16. The van der Waals surface area contributed by atoms with Crippen LogP contribution in [0.3, 0.4) is 0 Å². The van der Waals surface area contributed by atoms with E-state index in [1.807, 2.05) is 0 Å². The zero-order chi connectivity index (χ0) is 23.3. The summed E-state index contributed by atoms with van der Waals surface area (Å²) in [6.07, 6.45) is 0. The van der Waals surface area contributed by atoms with Crippen molar-refractivity contribution in [3.05, 3.63) is 93.9 Å². The number of benzene rings is 2. The van der Waals surface area contributed by atoms with Crippen LogP contribution in [0.5, 0.6) is 0 Å². The average Bonchev–Trinajstić information content (AvgIpc) is 3.29. The predicted octanol–water partition coefficient (Wildman–Crippen LogP) is 3.41. The number of nitrogens with two attached hydrogens (primary N) is 1. The number of piperazine rings is 1. The maximum Gasteiger partial charge on any atom is 0.252 e. The van der Waals surface area contributed by atoms with E-state index >= 15 is 0 Å². The second-order valence-corrected chi connectivity index (χ2v) is 10.2. The third-order valence-electron chi connectivity index (χ3n) is 5.76. The number of hydrogen-bond donors (Lipinski definition) is 2. The Morgan fingerprint density at radius 2 is 1.62 bits per heavy atom. The quantitative estimate of drug-likeness (QED) is 0.379. The van der Waals surface area contributed by atoms with Crippen LogP contribution in [0, 0.1) is 0 Å². The van der Waals surface area contributed by atoms with Gasteiger partial charge in [0.2, 0.25) is 11.1 Å². The van der Waals surface area contributed by atoms with Gasteiger partial charge in [-0.25, -0.2) is 4.98 Å². The molecule has 0 amide bonds. The van der Waals surface area contributed by atoms with Crippen molar-refractivity contribution in [2.75, 3.05) is 36.8 Å². The largest absolute Gasteiger partial charge is 0.374 e. The number of aromatic amines is 1. The molecule has 0 spiro atoms. The summed E-state index contributed by atoms with van der Waals surface area (Å²) in [5, 5.41) is 8.28. The van der Waals surface area contributed by atoms with Crippen LogP contribution in [-0.2, 0) is 5.75 Å². The molecular formula is C24H25N7OS2. The minimum atomic E-state index is -0.147. The third-order valence-corrected chi connectivity index (χ3v) is 7.68. The Labute approximate surface area is 205 Å². The lowest BCUT2D eigenvalue weighted by Crippen LogP contribution is -2.48. The van der Waals surface area contributed by atoms with Gasteiger partial charge in [-0.15, -0.1) is 10.2 Å². The number of nitrogens with zero attached hydrogens (tertiary/aromatic N) is 5. The van der Waals surface area contributed by atoms with E-state index in [-0.39, 0.29) is 11.6 Å². The SMILES string of the molecule is Nc1nnc(SCc2cc(=O)[nH]c(N3CCN(C(c4ccccc4)c4ccccc4)CC3)n2)s1. The zero-order valence-electron chi connectivity index (χ0n) is 18.5. The van der Waals surface area contributed by atoms with E-state index in [4.69, 9.17) is 10.7 Å². The van der Waals surface area contributed by atoms with Gasteiger partial charge >= 0.3 is 0 Å². The standard InChI is InChI=1S/C24H25N7OS2/c25-22-28-29-24(34-22)33-16-19-15-20(32)27-23(26-19)31-13-11-30(12-14-31)21(17-7-3-1-4-8-17)18-9-5-2-6-10-18/h1-10,15,21H,11-14,16H2,(H2,25,28)(H,26,27,32). The molecule has 8 nitrogen and oxygen atoms in total. The molecule has 174 valence electrons. The van der Waals surface area contributed by atoms with E-state index in [9.17, 15) is 4.79 Å². The highest BCUT2D eigenvalue weighted by atomic mass is 32.2. The van der Waals surface area contributed by atoms with Gasteiger partial charge in [-0.1, -0.05) is 83.8 Å². The zero-order valence-corrected chi connectivity index (χ0v) is 20.1. The fourth-order valence-corrected chi connectivity index (χ4v) is 5.74. The molecule has 0 atom stereocenters. The monoisotopic (exact) mass is 491 g/mol. The van der Waals surface area contributed by atoms with Crippen molar-refractivity contribution in [3.63, 3.8) is 0 Å². The van der Waals surface area contributed by atoms with Crippen molar-refractivity contribution in [2.24, 2.45) is 0 Å². The van der Waals surface area contributed by atoms with Crippen LogP contribution < -0.4 is 16.2 Å². The fourth-order valence-electron chi connectivity index (χ4n) is 4.21. The Bertz CT molecular complexity index is 1230. The first-order chi connectivity index (χ1) is 16.7. The molecule has 3 N–H and O–H groups in total. The molecule has 0 bridgehead atoms. The van der Waals surface area contributed by atoms with Crippen LogP contribution >= 0.6 is 23.1 Å². The average molecular weight is 492 g/mol. The summed E-state index contributed by atoms with van der Waals surface area (Å²) in [6.45, 7) is 3.29.